The van der Waals surface area contributed by atoms with Crippen molar-refractivity contribution in [2.75, 3.05) is 0 Å². The summed E-state index contributed by atoms with van der Waals surface area (Å²) in [6.45, 7) is 0. The fourth-order valence-corrected chi connectivity index (χ4v) is 2.67. The summed E-state index contributed by atoms with van der Waals surface area (Å²) < 4.78 is 0. The SMILES string of the molecule is N=C(N)c1ccnc(Sc2ccc3ccccc3c2)n1. The van der Waals surface area contributed by atoms with Crippen molar-refractivity contribution >= 4 is 28.4 Å². The predicted molar refractivity (Wildman–Crippen MR) is 81.1 cm³/mol. The number of nitrogens with one attached hydrogen (secondary N) is 1. The van der Waals surface area contributed by atoms with Gasteiger partial charge in [-0.2, -0.15) is 0 Å². The number of rotatable bonds is 3. The molecule has 0 bridgehead atoms. The average molecular weight is 280 g/mol. The highest BCUT2D eigenvalue weighted by atomic mass is 32.2. The topological polar surface area (TPSA) is 75.7 Å². The van der Waals surface area contributed by atoms with Crippen molar-refractivity contribution < 1.29 is 0 Å². The van der Waals surface area contributed by atoms with Crippen LogP contribution in [0.2, 0.25) is 0 Å². The number of nitrogen functional groups attached to an aromatic ring is 1. The van der Waals surface area contributed by atoms with Crippen molar-refractivity contribution in [3.8, 4) is 0 Å². The molecular weight excluding hydrogens is 268 g/mol. The second-order valence-electron chi connectivity index (χ2n) is 4.25. The van der Waals surface area contributed by atoms with Crippen LogP contribution in [0.5, 0.6) is 0 Å². The number of hydrogen-bond acceptors (Lipinski definition) is 4. The van der Waals surface area contributed by atoms with Crippen LogP contribution in [0.25, 0.3) is 10.8 Å². The van der Waals surface area contributed by atoms with Gasteiger partial charge in [0.05, 0.1) is 0 Å². The van der Waals surface area contributed by atoms with Gasteiger partial charge in [0.15, 0.2) is 5.16 Å². The van der Waals surface area contributed by atoms with Crippen molar-refractivity contribution in [2.45, 2.75) is 10.1 Å². The molecule has 0 saturated carbocycles. The Bertz CT molecular complexity index is 785. The van der Waals surface area contributed by atoms with Crippen LogP contribution in [0.1, 0.15) is 5.69 Å². The lowest BCUT2D eigenvalue weighted by atomic mass is 10.1. The van der Waals surface area contributed by atoms with Crippen LogP contribution in [-0.4, -0.2) is 15.8 Å². The number of nitrogens with zero attached hydrogens (tertiary/aromatic N) is 2. The molecule has 3 rings (SSSR count). The highest BCUT2D eigenvalue weighted by Gasteiger charge is 2.04. The van der Waals surface area contributed by atoms with Crippen LogP contribution in [0.4, 0.5) is 0 Å². The minimum Gasteiger partial charge on any atom is -0.382 e. The molecule has 1 heterocycles. The summed E-state index contributed by atoms with van der Waals surface area (Å²) in [6, 6.07) is 16.0. The Morgan fingerprint density at radius 3 is 2.65 bits per heavy atom. The van der Waals surface area contributed by atoms with E-state index < -0.39 is 0 Å². The standard InChI is InChI=1S/C15H12N4S/c16-14(17)13-7-8-18-15(19-13)20-12-6-5-10-3-1-2-4-11(10)9-12/h1-9H,(H3,16,17). The van der Waals surface area contributed by atoms with Crippen molar-refractivity contribution in [3.05, 3.63) is 60.4 Å². The summed E-state index contributed by atoms with van der Waals surface area (Å²) in [7, 11) is 0. The van der Waals surface area contributed by atoms with E-state index in [2.05, 4.69) is 34.2 Å². The fraction of sp³-hybridized carbons (Fsp3) is 0. The highest BCUT2D eigenvalue weighted by Crippen LogP contribution is 2.27. The van der Waals surface area contributed by atoms with Crippen LogP contribution in [0.3, 0.4) is 0 Å². The van der Waals surface area contributed by atoms with E-state index in [1.54, 1.807) is 12.3 Å². The predicted octanol–water partition coefficient (Wildman–Crippen LogP) is 3.07. The van der Waals surface area contributed by atoms with Crippen LogP contribution >= 0.6 is 11.8 Å². The fourth-order valence-electron chi connectivity index (χ4n) is 1.88. The summed E-state index contributed by atoms with van der Waals surface area (Å²) in [5, 5.41) is 10.4. The van der Waals surface area contributed by atoms with Gasteiger partial charge in [0.1, 0.15) is 11.5 Å². The maximum absolute atomic E-state index is 7.40. The van der Waals surface area contributed by atoms with E-state index in [9.17, 15) is 0 Å². The lowest BCUT2D eigenvalue weighted by Crippen LogP contribution is -2.13. The maximum atomic E-state index is 7.40. The molecule has 98 valence electrons. The zero-order valence-corrected chi connectivity index (χ0v) is 11.4. The smallest absolute Gasteiger partial charge is 0.193 e. The van der Waals surface area contributed by atoms with Gasteiger partial charge >= 0.3 is 0 Å². The molecule has 0 aliphatic heterocycles. The minimum atomic E-state index is -0.0484. The molecule has 0 aliphatic carbocycles. The van der Waals surface area contributed by atoms with E-state index in [0.717, 1.165) is 4.90 Å². The van der Waals surface area contributed by atoms with E-state index in [1.807, 2.05) is 18.2 Å². The minimum absolute atomic E-state index is 0.0484. The first-order valence-corrected chi connectivity index (χ1v) is 6.88. The van der Waals surface area contributed by atoms with Gasteiger partial charge in [-0.1, -0.05) is 30.3 Å². The number of nitrogens with two attached hydrogens (primary N) is 1. The first-order chi connectivity index (χ1) is 9.72. The Morgan fingerprint density at radius 1 is 1.05 bits per heavy atom. The molecule has 1 aromatic heterocycles. The van der Waals surface area contributed by atoms with Crippen LogP contribution in [0.15, 0.2) is 64.8 Å². The summed E-state index contributed by atoms with van der Waals surface area (Å²) in [4.78, 5) is 9.51. The normalized spacial score (nSPS) is 10.6. The molecule has 0 atom stereocenters. The molecule has 4 nitrogen and oxygen atoms in total. The second-order valence-corrected chi connectivity index (χ2v) is 5.29. The third-order valence-electron chi connectivity index (χ3n) is 2.84. The lowest BCUT2D eigenvalue weighted by Gasteiger charge is -2.04. The quantitative estimate of drug-likeness (QED) is 0.439. The molecule has 0 fully saturated rings. The zero-order valence-electron chi connectivity index (χ0n) is 10.6. The molecule has 0 aliphatic rings. The van der Waals surface area contributed by atoms with E-state index in [-0.39, 0.29) is 5.84 Å². The largest absolute Gasteiger partial charge is 0.382 e. The van der Waals surface area contributed by atoms with E-state index in [1.165, 1.54) is 22.5 Å². The van der Waals surface area contributed by atoms with Gasteiger partial charge in [-0.3, -0.25) is 5.41 Å². The van der Waals surface area contributed by atoms with Crippen molar-refractivity contribution in [3.63, 3.8) is 0 Å². The molecule has 0 saturated heterocycles. The maximum Gasteiger partial charge on any atom is 0.193 e. The van der Waals surface area contributed by atoms with Crippen molar-refractivity contribution in [1.29, 1.82) is 5.41 Å². The van der Waals surface area contributed by atoms with Crippen LogP contribution < -0.4 is 5.73 Å². The van der Waals surface area contributed by atoms with Gasteiger partial charge in [0.2, 0.25) is 0 Å². The number of hydrogen-bond donors (Lipinski definition) is 2. The Hall–Kier alpha value is -2.40. The third kappa shape index (κ3) is 2.62. The van der Waals surface area contributed by atoms with Crippen LogP contribution in [-0.2, 0) is 0 Å². The average Bonchev–Trinajstić information content (AvgIpc) is 2.47. The molecule has 3 aromatic rings. The van der Waals surface area contributed by atoms with Crippen molar-refractivity contribution in [2.24, 2.45) is 5.73 Å². The number of fused-ring (bicyclic) bond motifs is 1. The Morgan fingerprint density at radius 2 is 1.85 bits per heavy atom. The molecule has 0 unspecified atom stereocenters. The highest BCUT2D eigenvalue weighted by molar-refractivity contribution is 7.99. The number of amidine groups is 1. The van der Waals surface area contributed by atoms with E-state index >= 15 is 0 Å². The summed E-state index contributed by atoms with van der Waals surface area (Å²) >= 11 is 1.46. The first-order valence-electron chi connectivity index (χ1n) is 6.06. The van der Waals surface area contributed by atoms with Gasteiger partial charge in [0.25, 0.3) is 0 Å². The summed E-state index contributed by atoms with van der Waals surface area (Å²) in [5.74, 6) is -0.0484. The van der Waals surface area contributed by atoms with Gasteiger partial charge in [0, 0.05) is 11.1 Å². The van der Waals surface area contributed by atoms with E-state index in [4.69, 9.17) is 11.1 Å². The van der Waals surface area contributed by atoms with Gasteiger partial charge in [-0.05, 0) is 40.7 Å². The molecule has 0 amide bonds. The zero-order chi connectivity index (χ0) is 13.9. The molecule has 0 radical (unpaired) electrons. The molecule has 0 spiro atoms. The Labute approximate surface area is 120 Å². The van der Waals surface area contributed by atoms with Gasteiger partial charge in [-0.25, -0.2) is 9.97 Å². The number of aromatic nitrogens is 2. The second kappa shape index (κ2) is 5.30. The summed E-state index contributed by atoms with van der Waals surface area (Å²) in [6.07, 6.45) is 1.62. The van der Waals surface area contributed by atoms with Crippen LogP contribution in [0, 0.1) is 5.41 Å². The number of benzene rings is 2. The first kappa shape index (κ1) is 12.6. The molecular formula is C15H12N4S. The molecule has 20 heavy (non-hydrogen) atoms. The van der Waals surface area contributed by atoms with Crippen molar-refractivity contribution in [1.82, 2.24) is 9.97 Å². The Kier molecular flexibility index (Phi) is 3.35. The Balaban J connectivity index is 1.92. The van der Waals surface area contributed by atoms with Gasteiger partial charge < -0.3 is 5.73 Å². The van der Waals surface area contributed by atoms with E-state index in [0.29, 0.717) is 10.9 Å². The summed E-state index contributed by atoms with van der Waals surface area (Å²) in [5.41, 5.74) is 5.88. The lowest BCUT2D eigenvalue weighted by molar-refractivity contribution is 0.954. The molecule has 5 heteroatoms. The van der Waals surface area contributed by atoms with Gasteiger partial charge in [-0.15, -0.1) is 0 Å². The third-order valence-corrected chi connectivity index (χ3v) is 3.71. The molecule has 3 N–H and O–H groups in total. The molecule has 2 aromatic carbocycles. The monoisotopic (exact) mass is 280 g/mol.